The smallest absolute Gasteiger partial charge is 0.328 e. The Balaban J connectivity index is 3.01. The maximum atomic E-state index is 10.5. The molecule has 0 unspecified atom stereocenters. The van der Waals surface area contributed by atoms with E-state index in [2.05, 4.69) is 59.8 Å². The molecule has 3 nitrogen and oxygen atoms in total. The maximum Gasteiger partial charge on any atom is 0.328 e. The molecule has 1 rings (SSSR count). The predicted molar refractivity (Wildman–Crippen MR) is 103 cm³/mol. The SMILES string of the molecule is CC(C)(C=CC=CC(=O)O)c1cccc(O[Si](C)(C)C(C)(C)C)c1. The minimum atomic E-state index is -1.87. The van der Waals surface area contributed by atoms with Gasteiger partial charge in [-0.25, -0.2) is 4.79 Å². The lowest BCUT2D eigenvalue weighted by molar-refractivity contribution is -0.131. The lowest BCUT2D eigenvalue weighted by atomic mass is 9.84. The van der Waals surface area contributed by atoms with Crippen LogP contribution in [0.3, 0.4) is 0 Å². The molecular weight excluding hydrogens is 316 g/mol. The van der Waals surface area contributed by atoms with Gasteiger partial charge in [0, 0.05) is 11.5 Å². The molecule has 0 aliphatic heterocycles. The largest absolute Gasteiger partial charge is 0.543 e. The highest BCUT2D eigenvalue weighted by Crippen LogP contribution is 2.38. The minimum absolute atomic E-state index is 0.153. The minimum Gasteiger partial charge on any atom is -0.543 e. The van der Waals surface area contributed by atoms with E-state index in [1.54, 1.807) is 12.2 Å². The van der Waals surface area contributed by atoms with Gasteiger partial charge >= 0.3 is 5.97 Å². The molecule has 0 heterocycles. The Hall–Kier alpha value is -1.81. The topological polar surface area (TPSA) is 46.5 Å². The zero-order chi connectivity index (χ0) is 18.6. The third kappa shape index (κ3) is 5.68. The van der Waals surface area contributed by atoms with E-state index >= 15 is 0 Å². The van der Waals surface area contributed by atoms with Gasteiger partial charge in [0.05, 0.1) is 0 Å². The summed E-state index contributed by atoms with van der Waals surface area (Å²) in [6.45, 7) is 15.4. The molecule has 0 aliphatic carbocycles. The second-order valence-corrected chi connectivity index (χ2v) is 12.9. The fourth-order valence-corrected chi connectivity index (χ4v) is 2.96. The van der Waals surface area contributed by atoms with E-state index < -0.39 is 14.3 Å². The highest BCUT2D eigenvalue weighted by molar-refractivity contribution is 6.74. The first-order valence-electron chi connectivity index (χ1n) is 8.23. The van der Waals surface area contributed by atoms with Crippen LogP contribution < -0.4 is 4.43 Å². The zero-order valence-electron chi connectivity index (χ0n) is 15.9. The van der Waals surface area contributed by atoms with Crippen molar-refractivity contribution in [3.05, 3.63) is 54.1 Å². The Morgan fingerprint density at radius 1 is 1.12 bits per heavy atom. The molecular formula is C20H30O3Si. The molecule has 0 fully saturated rings. The quantitative estimate of drug-likeness (QED) is 0.417. The van der Waals surface area contributed by atoms with Crippen molar-refractivity contribution in [3.63, 3.8) is 0 Å². The van der Waals surface area contributed by atoms with Crippen molar-refractivity contribution in [1.29, 1.82) is 0 Å². The monoisotopic (exact) mass is 346 g/mol. The summed E-state index contributed by atoms with van der Waals surface area (Å²) in [4.78, 5) is 10.5. The molecule has 0 aliphatic rings. The fourth-order valence-electron chi connectivity index (χ4n) is 1.94. The molecule has 0 radical (unpaired) electrons. The molecule has 132 valence electrons. The van der Waals surface area contributed by atoms with Crippen LogP contribution in [0, 0.1) is 0 Å². The Morgan fingerprint density at radius 3 is 2.29 bits per heavy atom. The normalized spacial score (nSPS) is 13.6. The molecule has 0 saturated heterocycles. The molecule has 0 aromatic heterocycles. The van der Waals surface area contributed by atoms with Crippen molar-refractivity contribution < 1.29 is 14.3 Å². The maximum absolute atomic E-state index is 10.5. The number of carboxylic acid groups (broad SMARTS) is 1. The van der Waals surface area contributed by atoms with E-state index in [1.807, 2.05) is 18.2 Å². The third-order valence-corrected chi connectivity index (χ3v) is 8.98. The number of benzene rings is 1. The summed E-state index contributed by atoms with van der Waals surface area (Å²) < 4.78 is 6.38. The van der Waals surface area contributed by atoms with Crippen LogP contribution in [0.25, 0.3) is 0 Å². The van der Waals surface area contributed by atoms with Crippen molar-refractivity contribution in [2.24, 2.45) is 0 Å². The van der Waals surface area contributed by atoms with E-state index in [0.717, 1.165) is 17.4 Å². The number of rotatable bonds is 6. The van der Waals surface area contributed by atoms with Crippen LogP contribution in [0.4, 0.5) is 0 Å². The Labute approximate surface area is 147 Å². The molecule has 4 heteroatoms. The highest BCUT2D eigenvalue weighted by Gasteiger charge is 2.39. The lowest BCUT2D eigenvalue weighted by Crippen LogP contribution is -2.43. The first kappa shape index (κ1) is 20.2. The van der Waals surface area contributed by atoms with Crippen molar-refractivity contribution in [2.45, 2.75) is 58.2 Å². The standard InChI is InChI=1S/C20H30O3Si/c1-19(2,3)24(6,7)23-17-12-10-11-16(15-17)20(4,5)14-9-8-13-18(21)22/h8-15H,1-7H3,(H,21,22). The number of allylic oxidation sites excluding steroid dienone is 3. The van der Waals surface area contributed by atoms with Crippen LogP contribution in [0.2, 0.25) is 18.1 Å². The van der Waals surface area contributed by atoms with Crippen LogP contribution in [-0.2, 0) is 10.2 Å². The van der Waals surface area contributed by atoms with E-state index in [0.29, 0.717) is 0 Å². The second-order valence-electron chi connectivity index (χ2n) is 8.17. The molecule has 1 aromatic rings. The highest BCUT2D eigenvalue weighted by atomic mass is 28.4. The van der Waals surface area contributed by atoms with Gasteiger partial charge in [-0.1, -0.05) is 65.0 Å². The van der Waals surface area contributed by atoms with Gasteiger partial charge in [-0.05, 0) is 35.8 Å². The number of hydrogen-bond donors (Lipinski definition) is 1. The second kappa shape index (κ2) is 7.39. The summed E-state index contributed by atoms with van der Waals surface area (Å²) >= 11 is 0. The van der Waals surface area contributed by atoms with Crippen LogP contribution in [0.1, 0.15) is 40.2 Å². The van der Waals surface area contributed by atoms with Crippen molar-refractivity contribution in [1.82, 2.24) is 0 Å². The Morgan fingerprint density at radius 2 is 1.75 bits per heavy atom. The van der Waals surface area contributed by atoms with Crippen LogP contribution >= 0.6 is 0 Å². The fraction of sp³-hybridized carbons (Fsp3) is 0.450. The van der Waals surface area contributed by atoms with Crippen LogP contribution in [0.15, 0.2) is 48.6 Å². The van der Waals surface area contributed by atoms with Gasteiger partial charge in [0.1, 0.15) is 5.75 Å². The molecule has 0 saturated carbocycles. The van der Waals surface area contributed by atoms with Gasteiger partial charge in [-0.3, -0.25) is 0 Å². The molecule has 0 amide bonds. The molecule has 0 bridgehead atoms. The van der Waals surface area contributed by atoms with Gasteiger partial charge in [-0.2, -0.15) is 0 Å². The average Bonchev–Trinajstić information content (AvgIpc) is 2.42. The number of hydrogen-bond acceptors (Lipinski definition) is 2. The number of carbonyl (C=O) groups is 1. The van der Waals surface area contributed by atoms with Gasteiger partial charge < -0.3 is 9.53 Å². The third-order valence-electron chi connectivity index (χ3n) is 4.62. The lowest BCUT2D eigenvalue weighted by Gasteiger charge is -2.36. The summed E-state index contributed by atoms with van der Waals surface area (Å²) in [5, 5.41) is 8.79. The first-order valence-corrected chi connectivity index (χ1v) is 11.1. The summed E-state index contributed by atoms with van der Waals surface area (Å²) in [5.41, 5.74) is 0.925. The predicted octanol–water partition coefficient (Wildman–Crippen LogP) is 5.55. The first-order chi connectivity index (χ1) is 10.8. The summed E-state index contributed by atoms with van der Waals surface area (Å²) in [6.07, 6.45) is 6.44. The van der Waals surface area contributed by atoms with Crippen molar-refractivity contribution in [2.75, 3.05) is 0 Å². The molecule has 1 N–H and O–H groups in total. The van der Waals surface area contributed by atoms with Gasteiger partial charge in [-0.15, -0.1) is 0 Å². The summed E-state index contributed by atoms with van der Waals surface area (Å²) in [5.74, 6) is -0.0381. The van der Waals surface area contributed by atoms with E-state index in [1.165, 1.54) is 0 Å². The zero-order valence-corrected chi connectivity index (χ0v) is 16.9. The van der Waals surface area contributed by atoms with Crippen LogP contribution in [-0.4, -0.2) is 19.4 Å². The van der Waals surface area contributed by atoms with Gasteiger partial charge in [0.2, 0.25) is 8.32 Å². The Bertz CT molecular complexity index is 635. The molecule has 1 aromatic carbocycles. The van der Waals surface area contributed by atoms with Crippen molar-refractivity contribution in [3.8, 4) is 5.75 Å². The van der Waals surface area contributed by atoms with Crippen LogP contribution in [0.5, 0.6) is 5.75 Å². The van der Waals surface area contributed by atoms with Gasteiger partial charge in [0.25, 0.3) is 0 Å². The van der Waals surface area contributed by atoms with E-state index in [9.17, 15) is 4.79 Å². The Kier molecular flexibility index (Phi) is 6.23. The number of aliphatic carboxylic acids is 1. The van der Waals surface area contributed by atoms with Gasteiger partial charge in [0.15, 0.2) is 0 Å². The van der Waals surface area contributed by atoms with E-state index in [-0.39, 0.29) is 10.5 Å². The molecule has 0 spiro atoms. The number of carboxylic acids is 1. The summed E-state index contributed by atoms with van der Waals surface area (Å²) in [6, 6.07) is 8.18. The molecule has 0 atom stereocenters. The average molecular weight is 347 g/mol. The summed E-state index contributed by atoms with van der Waals surface area (Å²) in [7, 11) is -1.87. The van der Waals surface area contributed by atoms with E-state index in [4.69, 9.17) is 9.53 Å². The molecule has 24 heavy (non-hydrogen) atoms. The van der Waals surface area contributed by atoms with Crippen molar-refractivity contribution >= 4 is 14.3 Å².